The minimum atomic E-state index is -0.0152. The molecule has 26 heavy (non-hydrogen) atoms. The van der Waals surface area contributed by atoms with Gasteiger partial charge in [0.2, 0.25) is 0 Å². The van der Waals surface area contributed by atoms with E-state index in [2.05, 4.69) is 86.3 Å². The number of thioether (sulfide) groups is 1. The number of likely N-dealkylation sites (N-methyl/N-ethyl adjacent to an activating group) is 1. The van der Waals surface area contributed by atoms with Gasteiger partial charge in [0.15, 0.2) is 0 Å². The van der Waals surface area contributed by atoms with Gasteiger partial charge in [0.05, 0.1) is 11.1 Å². The Hall–Kier alpha value is -1.94. The second kappa shape index (κ2) is 6.34. The molecule has 0 spiro atoms. The first-order chi connectivity index (χ1) is 12.4. The van der Waals surface area contributed by atoms with Gasteiger partial charge in [-0.25, -0.2) is 0 Å². The minimum Gasteiger partial charge on any atom is -0.370 e. The Balaban J connectivity index is 1.47. The van der Waals surface area contributed by atoms with Crippen molar-refractivity contribution in [1.29, 1.82) is 0 Å². The van der Waals surface area contributed by atoms with Gasteiger partial charge in [-0.05, 0) is 23.8 Å². The summed E-state index contributed by atoms with van der Waals surface area (Å²) in [5.41, 5.74) is 3.83. The molecular weight excluding hydrogens is 340 g/mol. The number of benzene rings is 2. The van der Waals surface area contributed by atoms with Gasteiger partial charge < -0.3 is 9.80 Å². The molecule has 0 fully saturated rings. The summed E-state index contributed by atoms with van der Waals surface area (Å²) in [6, 6.07) is 17.2. The summed E-state index contributed by atoms with van der Waals surface area (Å²) >= 11 is 1.81. The summed E-state index contributed by atoms with van der Waals surface area (Å²) in [4.78, 5) is 18.8. The Kier molecular flexibility index (Phi) is 4.26. The number of hydrogen-bond donors (Lipinski definition) is 0. The molecule has 0 saturated carbocycles. The number of nitrogens with zero attached hydrogens (tertiary/aromatic N) is 2. The lowest BCUT2D eigenvalue weighted by molar-refractivity contribution is -0.119. The number of para-hydroxylation sites is 2. The molecule has 0 aromatic heterocycles. The highest BCUT2D eigenvalue weighted by molar-refractivity contribution is 8.00. The average molecular weight is 367 g/mol. The molecule has 4 heteroatoms. The van der Waals surface area contributed by atoms with Crippen LogP contribution < -0.4 is 9.80 Å². The molecule has 2 atom stereocenters. The topological polar surface area (TPSA) is 23.6 Å². The molecule has 0 bridgehead atoms. The molecule has 3 nitrogen and oxygen atoms in total. The van der Waals surface area contributed by atoms with Crippen molar-refractivity contribution in [2.75, 3.05) is 23.9 Å². The molecule has 136 valence electrons. The fourth-order valence-electron chi connectivity index (χ4n) is 4.45. The van der Waals surface area contributed by atoms with E-state index in [-0.39, 0.29) is 16.8 Å². The Morgan fingerprint density at radius 3 is 2.31 bits per heavy atom. The maximum absolute atomic E-state index is 13.0. The van der Waals surface area contributed by atoms with Crippen LogP contribution in [0.5, 0.6) is 0 Å². The molecular formula is C22H26N2OS. The highest BCUT2D eigenvalue weighted by Crippen LogP contribution is 2.47. The second-order valence-electron chi connectivity index (χ2n) is 7.96. The third kappa shape index (κ3) is 2.71. The van der Waals surface area contributed by atoms with Crippen molar-refractivity contribution in [3.8, 4) is 0 Å². The number of ketones is 1. The van der Waals surface area contributed by atoms with Crippen LogP contribution in [0.15, 0.2) is 53.4 Å². The van der Waals surface area contributed by atoms with Crippen molar-refractivity contribution in [2.45, 2.75) is 48.4 Å². The van der Waals surface area contributed by atoms with Crippen LogP contribution in [0.1, 0.15) is 32.3 Å². The second-order valence-corrected chi connectivity index (χ2v) is 9.18. The standard InChI is InChI=1S/C22H26N2OS/c1-22(2)16-9-5-6-10-17(16)23(3)20(22)13-15(25)14-21-24(4)18-11-7-8-12-19(18)26-21/h5-12,20-21H,13-14H2,1-4H3. The smallest absolute Gasteiger partial charge is 0.137 e. The lowest BCUT2D eigenvalue weighted by Crippen LogP contribution is -2.41. The molecule has 2 aliphatic rings. The van der Waals surface area contributed by atoms with Gasteiger partial charge in [-0.1, -0.05) is 55.9 Å². The monoisotopic (exact) mass is 366 g/mol. The third-order valence-corrected chi connectivity index (χ3v) is 7.40. The van der Waals surface area contributed by atoms with Crippen LogP contribution in [-0.2, 0) is 10.2 Å². The minimum absolute atomic E-state index is 0.0152. The van der Waals surface area contributed by atoms with Crippen LogP contribution in [0, 0.1) is 0 Å². The number of anilines is 2. The van der Waals surface area contributed by atoms with E-state index < -0.39 is 0 Å². The van der Waals surface area contributed by atoms with Gasteiger partial charge in [0.1, 0.15) is 5.78 Å². The van der Waals surface area contributed by atoms with Crippen LogP contribution >= 0.6 is 11.8 Å². The summed E-state index contributed by atoms with van der Waals surface area (Å²) in [7, 11) is 4.22. The highest BCUT2D eigenvalue weighted by atomic mass is 32.2. The number of rotatable bonds is 4. The van der Waals surface area contributed by atoms with Gasteiger partial charge >= 0.3 is 0 Å². The third-order valence-electron chi connectivity index (χ3n) is 6.04. The number of carbonyl (C=O) groups excluding carboxylic acids is 1. The van der Waals surface area contributed by atoms with Crippen molar-refractivity contribution in [3.63, 3.8) is 0 Å². The predicted octanol–water partition coefficient (Wildman–Crippen LogP) is 4.70. The maximum atomic E-state index is 13.0. The first-order valence-electron chi connectivity index (χ1n) is 9.22. The van der Waals surface area contributed by atoms with E-state index in [1.54, 1.807) is 0 Å². The van der Waals surface area contributed by atoms with E-state index in [1.807, 2.05) is 11.8 Å². The first kappa shape index (κ1) is 17.5. The quantitative estimate of drug-likeness (QED) is 0.782. The SMILES string of the molecule is CN1c2ccccc2SC1CC(=O)CC1N(C)c2ccccc2C1(C)C. The maximum Gasteiger partial charge on any atom is 0.137 e. The van der Waals surface area contributed by atoms with Crippen molar-refractivity contribution in [1.82, 2.24) is 0 Å². The zero-order chi connectivity index (χ0) is 18.5. The van der Waals surface area contributed by atoms with Crippen LogP contribution in [0.3, 0.4) is 0 Å². The van der Waals surface area contributed by atoms with Gasteiger partial charge in [-0.2, -0.15) is 0 Å². The van der Waals surface area contributed by atoms with Crippen LogP contribution in [0.2, 0.25) is 0 Å². The molecule has 2 unspecified atom stereocenters. The van der Waals surface area contributed by atoms with Crippen LogP contribution in [-0.4, -0.2) is 31.3 Å². The summed E-state index contributed by atoms with van der Waals surface area (Å²) < 4.78 is 0. The zero-order valence-corrected chi connectivity index (χ0v) is 16.7. The van der Waals surface area contributed by atoms with Gasteiger partial charge in [-0.3, -0.25) is 4.79 Å². The number of carbonyl (C=O) groups is 1. The summed E-state index contributed by atoms with van der Waals surface area (Å²) in [5, 5.41) is 0.206. The van der Waals surface area contributed by atoms with Gasteiger partial charge in [-0.15, -0.1) is 0 Å². The molecule has 0 aliphatic carbocycles. The molecule has 2 heterocycles. The Morgan fingerprint density at radius 2 is 1.62 bits per heavy atom. The van der Waals surface area contributed by atoms with Gasteiger partial charge in [0.25, 0.3) is 0 Å². The molecule has 0 N–H and O–H groups in total. The van der Waals surface area contributed by atoms with E-state index in [1.165, 1.54) is 21.8 Å². The summed E-state index contributed by atoms with van der Waals surface area (Å²) in [6.07, 6.45) is 1.19. The molecule has 0 saturated heterocycles. The molecule has 4 rings (SSSR count). The first-order valence-corrected chi connectivity index (χ1v) is 10.1. The zero-order valence-electron chi connectivity index (χ0n) is 15.9. The Morgan fingerprint density at radius 1 is 0.962 bits per heavy atom. The van der Waals surface area contributed by atoms with Crippen LogP contribution in [0.25, 0.3) is 0 Å². The van der Waals surface area contributed by atoms with E-state index >= 15 is 0 Å². The van der Waals surface area contributed by atoms with E-state index in [0.29, 0.717) is 18.6 Å². The lowest BCUT2D eigenvalue weighted by Gasteiger charge is -2.32. The molecule has 0 radical (unpaired) electrons. The largest absolute Gasteiger partial charge is 0.370 e. The predicted molar refractivity (Wildman–Crippen MR) is 110 cm³/mol. The highest BCUT2D eigenvalue weighted by Gasteiger charge is 2.43. The summed E-state index contributed by atoms with van der Waals surface area (Å²) in [6.45, 7) is 4.53. The van der Waals surface area contributed by atoms with Crippen molar-refractivity contribution in [3.05, 3.63) is 54.1 Å². The molecule has 0 amide bonds. The lowest BCUT2D eigenvalue weighted by atomic mass is 9.78. The van der Waals surface area contributed by atoms with Crippen molar-refractivity contribution in [2.24, 2.45) is 0 Å². The molecule has 2 aliphatic heterocycles. The Labute approximate surface area is 160 Å². The van der Waals surface area contributed by atoms with E-state index in [0.717, 1.165) is 0 Å². The summed E-state index contributed by atoms with van der Waals surface area (Å²) in [5.74, 6) is 0.347. The van der Waals surface area contributed by atoms with Crippen molar-refractivity contribution < 1.29 is 4.79 Å². The normalized spacial score (nSPS) is 23.1. The molecule has 2 aromatic carbocycles. The number of hydrogen-bond acceptors (Lipinski definition) is 4. The van der Waals surface area contributed by atoms with E-state index in [9.17, 15) is 4.79 Å². The van der Waals surface area contributed by atoms with Crippen molar-refractivity contribution >= 4 is 28.9 Å². The van der Waals surface area contributed by atoms with E-state index in [4.69, 9.17) is 0 Å². The fraction of sp³-hybridized carbons (Fsp3) is 0.409. The number of fused-ring (bicyclic) bond motifs is 2. The Bertz CT molecular complexity index is 848. The number of Topliss-reactive ketones (excluding diaryl/α,β-unsaturated/α-hetero) is 1. The molecule has 2 aromatic rings. The average Bonchev–Trinajstić information content (AvgIpc) is 3.03. The fourth-order valence-corrected chi connectivity index (χ4v) is 5.77. The van der Waals surface area contributed by atoms with Gasteiger partial charge in [0, 0.05) is 49.0 Å². The van der Waals surface area contributed by atoms with Crippen LogP contribution in [0.4, 0.5) is 11.4 Å².